The van der Waals surface area contributed by atoms with Crippen LogP contribution in [0.3, 0.4) is 0 Å². The topological polar surface area (TPSA) is 76.1 Å². The van der Waals surface area contributed by atoms with Crippen molar-refractivity contribution in [2.75, 3.05) is 18.1 Å². The molecule has 2 aliphatic rings. The first-order chi connectivity index (χ1) is 18.2. The summed E-state index contributed by atoms with van der Waals surface area (Å²) in [6, 6.07) is 15.5. The summed E-state index contributed by atoms with van der Waals surface area (Å²) in [7, 11) is 0. The summed E-state index contributed by atoms with van der Waals surface area (Å²) in [5.74, 6) is 0.282. The maximum absolute atomic E-state index is 12.9. The van der Waals surface area contributed by atoms with Crippen LogP contribution in [0.4, 0.5) is 18.9 Å². The molecule has 1 N–H and O–H groups in total. The number of nitrogens with zero attached hydrogens (tertiary/aromatic N) is 1. The molecule has 3 aromatic carbocycles. The maximum atomic E-state index is 12.9. The number of carboxylic acid groups (broad SMARTS) is 1. The average molecular weight is 526 g/mol. The number of aliphatic carboxylic acids is 1. The molecule has 6 nitrogen and oxygen atoms in total. The Hall–Kier alpha value is -4.01. The van der Waals surface area contributed by atoms with Gasteiger partial charge in [0.05, 0.1) is 31.7 Å². The van der Waals surface area contributed by atoms with E-state index in [1.54, 1.807) is 18.2 Å². The molecular weight excluding hydrogens is 499 g/mol. The highest BCUT2D eigenvalue weighted by atomic mass is 19.4. The Morgan fingerprint density at radius 2 is 1.79 bits per heavy atom. The molecule has 0 fully saturated rings. The molecule has 1 atom stereocenters. The van der Waals surface area contributed by atoms with E-state index in [2.05, 4.69) is 0 Å². The van der Waals surface area contributed by atoms with E-state index in [0.717, 1.165) is 41.9 Å². The Labute approximate surface area is 217 Å². The van der Waals surface area contributed by atoms with E-state index in [-0.39, 0.29) is 24.8 Å². The van der Waals surface area contributed by atoms with Crippen LogP contribution < -0.4 is 14.4 Å². The number of alkyl halides is 3. The fraction of sp³-hybridized carbons (Fsp3) is 0.310. The van der Waals surface area contributed by atoms with E-state index in [9.17, 15) is 22.8 Å². The summed E-state index contributed by atoms with van der Waals surface area (Å²) in [6.45, 7) is 0.990. The molecule has 3 aromatic rings. The van der Waals surface area contributed by atoms with Gasteiger partial charge in [0.2, 0.25) is 0 Å². The number of rotatable bonds is 9. The highest BCUT2D eigenvalue weighted by molar-refractivity contribution is 6.10. The van der Waals surface area contributed by atoms with Crippen molar-refractivity contribution in [2.45, 2.75) is 44.3 Å². The van der Waals surface area contributed by atoms with Crippen molar-refractivity contribution in [3.05, 3.63) is 88.5 Å². The number of hydrogen-bond donors (Lipinski definition) is 1. The summed E-state index contributed by atoms with van der Waals surface area (Å²) in [5.41, 5.74) is 3.01. The predicted octanol–water partition coefficient (Wildman–Crippen LogP) is 6.22. The molecule has 1 aliphatic heterocycles. The fourth-order valence-corrected chi connectivity index (χ4v) is 5.10. The lowest BCUT2D eigenvalue weighted by Gasteiger charge is -2.17. The number of halogens is 3. The molecule has 0 bridgehead atoms. The third kappa shape index (κ3) is 5.32. The SMILES string of the molecule is O=C(O)CC1CCc2cc(OCCCOc3cccc4c3CN(c3ccc(C(F)(F)F)cc3)C4=O)ccc21. The van der Waals surface area contributed by atoms with Crippen molar-refractivity contribution in [3.8, 4) is 11.5 Å². The Morgan fingerprint density at radius 3 is 2.53 bits per heavy atom. The van der Waals surface area contributed by atoms with Crippen molar-refractivity contribution in [2.24, 2.45) is 0 Å². The smallest absolute Gasteiger partial charge is 0.416 e. The molecular formula is C29H26F3NO5. The maximum Gasteiger partial charge on any atom is 0.416 e. The molecule has 1 unspecified atom stereocenters. The normalized spacial score (nSPS) is 16.3. The summed E-state index contributed by atoms with van der Waals surface area (Å²) in [4.78, 5) is 25.4. The summed E-state index contributed by atoms with van der Waals surface area (Å²) in [6.07, 6.45) is -2.03. The van der Waals surface area contributed by atoms with Gasteiger partial charge in [-0.1, -0.05) is 12.1 Å². The molecule has 198 valence electrons. The number of ether oxygens (including phenoxy) is 2. The van der Waals surface area contributed by atoms with Gasteiger partial charge in [-0.15, -0.1) is 0 Å². The van der Waals surface area contributed by atoms with Gasteiger partial charge in [0, 0.05) is 23.2 Å². The van der Waals surface area contributed by atoms with Crippen molar-refractivity contribution in [3.63, 3.8) is 0 Å². The van der Waals surface area contributed by atoms with E-state index in [1.807, 2.05) is 18.2 Å². The first kappa shape index (κ1) is 25.6. The molecule has 5 rings (SSSR count). The monoisotopic (exact) mass is 525 g/mol. The second-order valence-electron chi connectivity index (χ2n) is 9.46. The van der Waals surface area contributed by atoms with Gasteiger partial charge in [-0.25, -0.2) is 0 Å². The van der Waals surface area contributed by atoms with Crippen molar-refractivity contribution >= 4 is 17.6 Å². The summed E-state index contributed by atoms with van der Waals surface area (Å²) < 4.78 is 50.5. The van der Waals surface area contributed by atoms with E-state index in [1.165, 1.54) is 17.0 Å². The van der Waals surface area contributed by atoms with Crippen LogP contribution >= 0.6 is 0 Å². The molecule has 0 spiro atoms. The zero-order chi connectivity index (χ0) is 26.9. The van der Waals surface area contributed by atoms with Gasteiger partial charge in [-0.3, -0.25) is 9.59 Å². The van der Waals surface area contributed by atoms with Gasteiger partial charge in [-0.05, 0) is 78.4 Å². The number of aryl methyl sites for hydroxylation is 1. The minimum Gasteiger partial charge on any atom is -0.493 e. The standard InChI is InChI=1S/C29H26F3NO5/c30-29(31,32)20-7-9-21(10-8-20)33-17-25-24(28(33)36)3-1-4-26(25)38-14-2-13-37-22-11-12-23-18(15-22)5-6-19(23)16-27(34)35/h1,3-4,7-12,15,19H,2,5-6,13-14,16-17H2,(H,34,35). The minimum absolute atomic E-state index is 0.0552. The number of benzene rings is 3. The first-order valence-electron chi connectivity index (χ1n) is 12.4. The number of carboxylic acids is 1. The largest absolute Gasteiger partial charge is 0.493 e. The van der Waals surface area contributed by atoms with Crippen molar-refractivity contribution < 1.29 is 37.3 Å². The van der Waals surface area contributed by atoms with Crippen LogP contribution in [0.5, 0.6) is 11.5 Å². The highest BCUT2D eigenvalue weighted by Gasteiger charge is 2.33. The van der Waals surface area contributed by atoms with Gasteiger partial charge in [0.25, 0.3) is 5.91 Å². The number of amides is 1. The Morgan fingerprint density at radius 1 is 1.03 bits per heavy atom. The van der Waals surface area contributed by atoms with Gasteiger partial charge in [0.15, 0.2) is 0 Å². The van der Waals surface area contributed by atoms with Crippen LogP contribution in [0.15, 0.2) is 60.7 Å². The highest BCUT2D eigenvalue weighted by Crippen LogP contribution is 2.38. The minimum atomic E-state index is -4.44. The number of carbonyl (C=O) groups is 2. The zero-order valence-corrected chi connectivity index (χ0v) is 20.5. The number of fused-ring (bicyclic) bond motifs is 2. The fourth-order valence-electron chi connectivity index (χ4n) is 5.10. The molecule has 38 heavy (non-hydrogen) atoms. The van der Waals surface area contributed by atoms with Crippen LogP contribution in [-0.2, 0) is 23.9 Å². The van der Waals surface area contributed by atoms with Gasteiger partial charge >= 0.3 is 12.1 Å². The van der Waals surface area contributed by atoms with Crippen LogP contribution in [-0.4, -0.2) is 30.2 Å². The lowest BCUT2D eigenvalue weighted by Crippen LogP contribution is -2.23. The lowest BCUT2D eigenvalue weighted by molar-refractivity contribution is -0.138. The van der Waals surface area contributed by atoms with E-state index in [0.29, 0.717) is 42.2 Å². The molecule has 9 heteroatoms. The summed E-state index contributed by atoms with van der Waals surface area (Å²) >= 11 is 0. The Bertz CT molecular complexity index is 1350. The van der Waals surface area contributed by atoms with Crippen molar-refractivity contribution in [1.82, 2.24) is 0 Å². The Kier molecular flexibility index (Phi) is 7.01. The lowest BCUT2D eigenvalue weighted by atomic mass is 9.98. The number of hydrogen-bond acceptors (Lipinski definition) is 4. The molecule has 0 saturated heterocycles. The third-order valence-corrected chi connectivity index (χ3v) is 6.98. The van der Waals surface area contributed by atoms with Gasteiger partial charge in [-0.2, -0.15) is 13.2 Å². The second kappa shape index (κ2) is 10.4. The predicted molar refractivity (Wildman–Crippen MR) is 134 cm³/mol. The van der Waals surface area contributed by atoms with Gasteiger partial charge < -0.3 is 19.5 Å². The van der Waals surface area contributed by atoms with E-state index >= 15 is 0 Å². The van der Waals surface area contributed by atoms with E-state index < -0.39 is 17.7 Å². The second-order valence-corrected chi connectivity index (χ2v) is 9.46. The Balaban J connectivity index is 1.15. The van der Waals surface area contributed by atoms with Crippen LogP contribution in [0.2, 0.25) is 0 Å². The molecule has 1 aliphatic carbocycles. The quantitative estimate of drug-likeness (QED) is 0.336. The summed E-state index contributed by atoms with van der Waals surface area (Å²) in [5, 5.41) is 9.08. The van der Waals surface area contributed by atoms with Crippen molar-refractivity contribution in [1.29, 1.82) is 0 Å². The number of anilines is 1. The molecule has 0 radical (unpaired) electrons. The van der Waals surface area contributed by atoms with E-state index in [4.69, 9.17) is 14.6 Å². The number of carbonyl (C=O) groups excluding carboxylic acids is 1. The van der Waals surface area contributed by atoms with Crippen LogP contribution in [0.25, 0.3) is 0 Å². The molecule has 0 saturated carbocycles. The average Bonchev–Trinajstić information content (AvgIpc) is 3.44. The zero-order valence-electron chi connectivity index (χ0n) is 20.5. The first-order valence-corrected chi connectivity index (χ1v) is 12.4. The molecule has 1 heterocycles. The van der Waals surface area contributed by atoms with Crippen LogP contribution in [0.1, 0.15) is 57.8 Å². The molecule has 1 amide bonds. The molecule has 0 aromatic heterocycles. The van der Waals surface area contributed by atoms with Crippen LogP contribution in [0, 0.1) is 0 Å². The third-order valence-electron chi connectivity index (χ3n) is 6.98. The van der Waals surface area contributed by atoms with Gasteiger partial charge in [0.1, 0.15) is 11.5 Å².